The molecule has 0 aromatic heterocycles. The fraction of sp³-hybridized carbons (Fsp3) is 0.571. The van der Waals surface area contributed by atoms with Crippen LogP contribution in [0.2, 0.25) is 0 Å². The van der Waals surface area contributed by atoms with Gasteiger partial charge in [-0.3, -0.25) is 0 Å². The Labute approximate surface area is 79.1 Å². The van der Waals surface area contributed by atoms with Crippen LogP contribution in [0.3, 0.4) is 0 Å². The molecule has 0 fully saturated rings. The molecule has 0 rings (SSSR count). The van der Waals surface area contributed by atoms with Gasteiger partial charge in [0.1, 0.15) is 10.5 Å². The average Bonchev–Trinajstić information content (AvgIpc) is 2.03. The molecule has 0 spiro atoms. The largest absolute Gasteiger partial charge is 0.462 e. The first-order chi connectivity index (χ1) is 5.57. The molecule has 0 aliphatic heterocycles. The fourth-order valence-corrected chi connectivity index (χ4v) is 1.03. The van der Waals surface area contributed by atoms with Gasteiger partial charge in [0.25, 0.3) is 0 Å². The van der Waals surface area contributed by atoms with Crippen LogP contribution in [0.5, 0.6) is 0 Å². The molecule has 5 heteroatoms. The molecule has 0 aromatic carbocycles. The van der Waals surface area contributed by atoms with Crippen molar-refractivity contribution in [3.63, 3.8) is 0 Å². The van der Waals surface area contributed by atoms with E-state index in [0.29, 0.717) is 17.9 Å². The second-order valence-electron chi connectivity index (χ2n) is 2.75. The van der Waals surface area contributed by atoms with Gasteiger partial charge in [-0.1, -0.05) is 6.58 Å². The van der Waals surface area contributed by atoms with Crippen LogP contribution < -0.4 is 0 Å². The summed E-state index contributed by atoms with van der Waals surface area (Å²) in [6.07, 6.45) is 0.814. The number of hydrogen-bond donors (Lipinski definition) is 0. The van der Waals surface area contributed by atoms with Gasteiger partial charge in [0.15, 0.2) is 0 Å². The van der Waals surface area contributed by atoms with Crippen LogP contribution in [0.15, 0.2) is 12.2 Å². The van der Waals surface area contributed by atoms with Gasteiger partial charge in [0, 0.05) is 28.0 Å². The average molecular weight is 204 g/mol. The van der Waals surface area contributed by atoms with E-state index in [1.54, 1.807) is 6.92 Å². The van der Waals surface area contributed by atoms with Crippen molar-refractivity contribution in [2.45, 2.75) is 19.1 Å². The predicted molar refractivity (Wildman–Crippen MR) is 55.1 cm³/mol. The van der Waals surface area contributed by atoms with Crippen molar-refractivity contribution < 1.29 is 14.0 Å². The van der Waals surface area contributed by atoms with Crippen molar-refractivity contribution in [3.8, 4) is 0 Å². The topological polar surface area (TPSA) is 35.5 Å². The third kappa shape index (κ3) is 5.28. The van der Waals surface area contributed by atoms with E-state index < -0.39 is 0 Å². The van der Waals surface area contributed by atoms with Gasteiger partial charge < -0.3 is 9.16 Å². The van der Waals surface area contributed by atoms with Gasteiger partial charge in [-0.25, -0.2) is 4.79 Å². The lowest BCUT2D eigenvalue weighted by atomic mass is 10.4. The Morgan fingerprint density at radius 3 is 2.67 bits per heavy atom. The lowest BCUT2D eigenvalue weighted by Gasteiger charge is -2.09. The Hall–Kier alpha value is -0.396. The van der Waals surface area contributed by atoms with Gasteiger partial charge >= 0.3 is 5.97 Å². The predicted octanol–water partition coefficient (Wildman–Crippen LogP) is -1.52. The maximum absolute atomic E-state index is 10.9. The minimum atomic E-state index is -0.308. The summed E-state index contributed by atoms with van der Waals surface area (Å²) in [5.74, 6) is -0.308. The molecule has 0 radical (unpaired) electrons. The second kappa shape index (κ2) is 6.16. The van der Waals surface area contributed by atoms with E-state index in [0.717, 1.165) is 27.1 Å². The van der Waals surface area contributed by atoms with Gasteiger partial charge in [-0.15, -0.1) is 0 Å². The van der Waals surface area contributed by atoms with Gasteiger partial charge in [0.05, 0.1) is 6.61 Å². The molecule has 1 unspecified atom stereocenters. The summed E-state index contributed by atoms with van der Waals surface area (Å²) in [6, 6.07) is 0. The number of ether oxygens (including phenoxy) is 1. The Morgan fingerprint density at radius 1 is 1.67 bits per heavy atom. The molecule has 0 N–H and O–H groups in total. The molecule has 0 aromatic rings. The monoisotopic (exact) mass is 204 g/mol. The van der Waals surface area contributed by atoms with E-state index in [9.17, 15) is 4.79 Å². The highest BCUT2D eigenvalue weighted by molar-refractivity contribution is 6.13. The molecule has 0 saturated heterocycles. The van der Waals surface area contributed by atoms with Crippen LogP contribution in [0.1, 0.15) is 13.3 Å². The highest BCUT2D eigenvalue weighted by Gasteiger charge is 2.04. The molecule has 0 heterocycles. The quantitative estimate of drug-likeness (QED) is 0.310. The van der Waals surface area contributed by atoms with Crippen molar-refractivity contribution >= 4 is 26.7 Å². The van der Waals surface area contributed by atoms with Crippen molar-refractivity contribution in [2.24, 2.45) is 0 Å². The van der Waals surface area contributed by atoms with Crippen molar-refractivity contribution in [1.82, 2.24) is 0 Å². The number of rotatable bonds is 5. The normalized spacial score (nSPS) is 12.8. The third-order valence-corrected chi connectivity index (χ3v) is 4.30. The molecule has 0 bridgehead atoms. The molecule has 0 aliphatic rings. The molecule has 0 saturated carbocycles. The lowest BCUT2D eigenvalue weighted by Crippen LogP contribution is -2.16. The van der Waals surface area contributed by atoms with E-state index in [2.05, 4.69) is 6.58 Å². The molecule has 3 nitrogen and oxygen atoms in total. The van der Waals surface area contributed by atoms with E-state index in [1.165, 1.54) is 0 Å². The van der Waals surface area contributed by atoms with Crippen molar-refractivity contribution in [3.05, 3.63) is 12.2 Å². The van der Waals surface area contributed by atoms with Crippen LogP contribution in [-0.4, -0.2) is 39.0 Å². The summed E-state index contributed by atoms with van der Waals surface area (Å²) in [6.45, 7) is 5.57. The fourth-order valence-electron chi connectivity index (χ4n) is 0.559. The number of esters is 1. The highest BCUT2D eigenvalue weighted by Crippen LogP contribution is 1.96. The number of carbonyl (C=O) groups excluding carboxylic acids is 1. The Kier molecular flexibility index (Phi) is 5.95. The first-order valence-corrected chi connectivity index (χ1v) is 5.90. The summed E-state index contributed by atoms with van der Waals surface area (Å²) in [7, 11) is 1.75. The van der Waals surface area contributed by atoms with Gasteiger partial charge in [-0.05, 0) is 6.92 Å². The third-order valence-electron chi connectivity index (χ3n) is 1.51. The summed E-state index contributed by atoms with van der Waals surface area (Å²) >= 11 is 0. The Morgan fingerprint density at radius 2 is 2.25 bits per heavy atom. The maximum atomic E-state index is 10.9. The summed E-state index contributed by atoms with van der Waals surface area (Å²) in [5, 5.41) is 0. The number of carbonyl (C=O) groups is 1. The van der Waals surface area contributed by atoms with E-state index in [4.69, 9.17) is 9.16 Å². The Balaban J connectivity index is 3.44. The van der Waals surface area contributed by atoms with E-state index in [1.807, 2.05) is 0 Å². The van der Waals surface area contributed by atoms with Crippen LogP contribution in [0.4, 0.5) is 0 Å². The molecule has 70 valence electrons. The minimum absolute atomic E-state index is 0.308. The lowest BCUT2D eigenvalue weighted by molar-refractivity contribution is -0.139. The summed E-state index contributed by atoms with van der Waals surface area (Å²) in [4.78, 5) is 10.9. The molecular formula is C7H16O3Si2. The van der Waals surface area contributed by atoms with Crippen molar-refractivity contribution in [2.75, 3.05) is 6.61 Å². The molecular weight excluding hydrogens is 188 g/mol. The smallest absolute Gasteiger partial charge is 0.333 e. The zero-order valence-corrected chi connectivity index (χ0v) is 11.9. The molecule has 0 aliphatic carbocycles. The standard InChI is InChI=1S/C7H16O3Si2/c1-5(2)7(8)9-4-3-6(11)10-12/h6H,1,3-4H2,2,11-12H3. The van der Waals surface area contributed by atoms with E-state index in [-0.39, 0.29) is 5.97 Å². The van der Waals surface area contributed by atoms with Gasteiger partial charge in [0.2, 0.25) is 0 Å². The molecule has 12 heavy (non-hydrogen) atoms. The molecule has 1 atom stereocenters. The van der Waals surface area contributed by atoms with Gasteiger partial charge in [-0.2, -0.15) is 0 Å². The first kappa shape index (κ1) is 11.6. The minimum Gasteiger partial charge on any atom is -0.462 e. The van der Waals surface area contributed by atoms with Crippen molar-refractivity contribution in [1.29, 1.82) is 0 Å². The SMILES string of the molecule is C=C(C)C(=O)OCCC([SiH3])O[SiH3]. The second-order valence-corrected chi connectivity index (χ2v) is 4.51. The number of hydrogen-bond acceptors (Lipinski definition) is 3. The first-order valence-electron chi connectivity index (χ1n) is 3.93. The zero-order valence-electron chi connectivity index (χ0n) is 7.92. The van der Waals surface area contributed by atoms with E-state index >= 15 is 0 Å². The van der Waals surface area contributed by atoms with Crippen LogP contribution >= 0.6 is 0 Å². The summed E-state index contributed by atoms with van der Waals surface area (Å²) in [5.41, 5.74) is 0.779. The Bertz CT molecular complexity index is 170. The van der Waals surface area contributed by atoms with Crippen LogP contribution in [-0.2, 0) is 14.0 Å². The zero-order chi connectivity index (χ0) is 9.56. The van der Waals surface area contributed by atoms with Crippen LogP contribution in [0.25, 0.3) is 0 Å². The van der Waals surface area contributed by atoms with Crippen LogP contribution in [0, 0.1) is 0 Å². The summed E-state index contributed by atoms with van der Waals surface area (Å²) < 4.78 is 10.1. The highest BCUT2D eigenvalue weighted by atomic mass is 28.2. The maximum Gasteiger partial charge on any atom is 0.333 e. The molecule has 0 amide bonds.